The summed E-state index contributed by atoms with van der Waals surface area (Å²) in [5.74, 6) is 0. The molecule has 3 rings (SSSR count). The van der Waals surface area contributed by atoms with E-state index in [1.807, 2.05) is 0 Å². The number of aryl methyl sites for hydroxylation is 3. The van der Waals surface area contributed by atoms with Crippen molar-refractivity contribution in [1.29, 1.82) is 0 Å². The van der Waals surface area contributed by atoms with Gasteiger partial charge in [-0.05, 0) is 160 Å². The maximum Gasteiger partial charge on any atom is 0.0464 e. The monoisotopic (exact) mass is 665 g/mol. The maximum atomic E-state index is 2.39. The Labute approximate surface area is 190 Å². The zero-order valence-corrected chi connectivity index (χ0v) is 20.7. The van der Waals surface area contributed by atoms with Crippen LogP contribution in [0.2, 0.25) is 0 Å². The van der Waals surface area contributed by atoms with Crippen LogP contribution in [0.4, 0.5) is 17.1 Å². The van der Waals surface area contributed by atoms with E-state index in [2.05, 4.69) is 148 Å². The largest absolute Gasteiger partial charge is 0.310 e. The molecule has 0 unspecified atom stereocenters. The number of halogens is 3. The Bertz CT molecular complexity index is 812. The van der Waals surface area contributed by atoms with E-state index < -0.39 is 0 Å². The molecule has 3 aromatic rings. The molecule has 0 radical (unpaired) electrons. The number of nitrogens with zero attached hydrogens (tertiary/aromatic N) is 1. The first-order chi connectivity index (χ1) is 11.9. The fraction of sp³-hybridized carbons (Fsp3) is 0.143. The van der Waals surface area contributed by atoms with E-state index >= 15 is 0 Å². The van der Waals surface area contributed by atoms with E-state index in [9.17, 15) is 0 Å². The fourth-order valence-electron chi connectivity index (χ4n) is 2.75. The molecule has 3 aromatic carbocycles. The number of anilines is 3. The first kappa shape index (κ1) is 19.4. The second kappa shape index (κ2) is 8.12. The van der Waals surface area contributed by atoms with Gasteiger partial charge in [-0.25, -0.2) is 0 Å². The van der Waals surface area contributed by atoms with Gasteiger partial charge in [0.15, 0.2) is 0 Å². The molecule has 4 heteroatoms. The Kier molecular flexibility index (Phi) is 6.31. The Morgan fingerprint density at radius 1 is 0.520 bits per heavy atom. The molecule has 0 N–H and O–H groups in total. The molecule has 0 amide bonds. The summed E-state index contributed by atoms with van der Waals surface area (Å²) in [6.45, 7) is 6.51. The van der Waals surface area contributed by atoms with Crippen molar-refractivity contribution < 1.29 is 0 Å². The van der Waals surface area contributed by atoms with Crippen LogP contribution in [0.25, 0.3) is 0 Å². The summed E-state index contributed by atoms with van der Waals surface area (Å²) < 4.78 is 3.87. The smallest absolute Gasteiger partial charge is 0.0464 e. The second-order valence-electron chi connectivity index (χ2n) is 6.14. The van der Waals surface area contributed by atoms with Gasteiger partial charge in [0.25, 0.3) is 0 Å². The molecule has 0 spiro atoms. The van der Waals surface area contributed by atoms with Crippen LogP contribution in [0.15, 0.2) is 54.6 Å². The zero-order valence-electron chi connectivity index (χ0n) is 14.3. The third-order valence-corrected chi connectivity index (χ3v) is 7.83. The minimum atomic E-state index is 1.19. The lowest BCUT2D eigenvalue weighted by molar-refractivity contribution is 1.24. The SMILES string of the molecule is Cc1cc(N(c2ccc(I)c(C)c2)c2ccc(I)c(C)c2)ccc1I. The summed E-state index contributed by atoms with van der Waals surface area (Å²) in [4.78, 5) is 2.34. The third kappa shape index (κ3) is 4.32. The van der Waals surface area contributed by atoms with Crippen molar-refractivity contribution in [3.8, 4) is 0 Å². The van der Waals surface area contributed by atoms with Gasteiger partial charge in [0.1, 0.15) is 0 Å². The van der Waals surface area contributed by atoms with Crippen LogP contribution >= 0.6 is 67.8 Å². The maximum absolute atomic E-state index is 2.39. The average Bonchev–Trinajstić information content (AvgIpc) is 2.57. The fourth-order valence-corrected chi connectivity index (χ4v) is 3.76. The standard InChI is InChI=1S/C21H18I3N/c1-13-10-16(4-7-19(13)22)25(17-5-8-20(23)14(2)11-17)18-6-9-21(24)15(3)12-18/h4-12H,1-3H3. The lowest BCUT2D eigenvalue weighted by atomic mass is 10.1. The first-order valence-electron chi connectivity index (χ1n) is 7.95. The quantitative estimate of drug-likeness (QED) is 0.258. The van der Waals surface area contributed by atoms with Gasteiger partial charge >= 0.3 is 0 Å². The van der Waals surface area contributed by atoms with Crippen LogP contribution in [0, 0.1) is 31.5 Å². The van der Waals surface area contributed by atoms with E-state index in [1.54, 1.807) is 0 Å². The summed E-state index contributed by atoms with van der Waals surface area (Å²) in [7, 11) is 0. The Hall–Kier alpha value is -0.350. The van der Waals surface area contributed by atoms with Crippen molar-refractivity contribution in [1.82, 2.24) is 0 Å². The highest BCUT2D eigenvalue weighted by atomic mass is 127. The predicted octanol–water partition coefficient (Wildman–Crippen LogP) is 7.90. The summed E-state index contributed by atoms with van der Waals surface area (Å²) in [6.07, 6.45) is 0. The molecule has 0 saturated carbocycles. The average molecular weight is 665 g/mol. The summed E-state index contributed by atoms with van der Waals surface area (Å²) in [5, 5.41) is 0. The highest BCUT2D eigenvalue weighted by Gasteiger charge is 2.15. The van der Waals surface area contributed by atoms with Crippen LogP contribution in [0.5, 0.6) is 0 Å². The van der Waals surface area contributed by atoms with E-state index in [0.717, 1.165) is 0 Å². The van der Waals surface area contributed by atoms with E-state index in [-0.39, 0.29) is 0 Å². The van der Waals surface area contributed by atoms with Crippen molar-refractivity contribution in [2.24, 2.45) is 0 Å². The van der Waals surface area contributed by atoms with Crippen LogP contribution in [0.3, 0.4) is 0 Å². The second-order valence-corrected chi connectivity index (χ2v) is 9.62. The van der Waals surface area contributed by atoms with Crippen molar-refractivity contribution in [2.75, 3.05) is 4.90 Å². The Balaban J connectivity index is 2.21. The van der Waals surface area contributed by atoms with E-state index in [1.165, 1.54) is 44.5 Å². The molecule has 0 fully saturated rings. The normalized spacial score (nSPS) is 10.8. The molecule has 0 aromatic heterocycles. The van der Waals surface area contributed by atoms with Gasteiger partial charge < -0.3 is 4.90 Å². The number of hydrogen-bond acceptors (Lipinski definition) is 1. The van der Waals surface area contributed by atoms with Crippen molar-refractivity contribution in [2.45, 2.75) is 20.8 Å². The molecular weight excluding hydrogens is 647 g/mol. The number of benzene rings is 3. The van der Waals surface area contributed by atoms with Crippen LogP contribution < -0.4 is 4.90 Å². The zero-order chi connectivity index (χ0) is 18.1. The van der Waals surface area contributed by atoms with Gasteiger partial charge in [0.2, 0.25) is 0 Å². The molecule has 0 aliphatic carbocycles. The molecule has 0 aliphatic heterocycles. The molecule has 0 saturated heterocycles. The molecule has 25 heavy (non-hydrogen) atoms. The molecule has 128 valence electrons. The topological polar surface area (TPSA) is 3.24 Å². The van der Waals surface area contributed by atoms with Crippen LogP contribution in [-0.2, 0) is 0 Å². The summed E-state index contributed by atoms with van der Waals surface area (Å²) in [5.41, 5.74) is 7.48. The molecule has 1 nitrogen and oxygen atoms in total. The van der Waals surface area contributed by atoms with E-state index in [0.29, 0.717) is 0 Å². The summed E-state index contributed by atoms with van der Waals surface area (Å²) in [6, 6.07) is 20.0. The molecule has 0 bridgehead atoms. The molecule has 0 heterocycles. The van der Waals surface area contributed by atoms with Gasteiger partial charge in [0.05, 0.1) is 0 Å². The van der Waals surface area contributed by atoms with Gasteiger partial charge in [-0.2, -0.15) is 0 Å². The predicted molar refractivity (Wildman–Crippen MR) is 133 cm³/mol. The highest BCUT2D eigenvalue weighted by Crippen LogP contribution is 2.37. The number of rotatable bonds is 3. The Morgan fingerprint density at radius 2 is 0.800 bits per heavy atom. The molecule has 0 aliphatic rings. The van der Waals surface area contributed by atoms with Crippen molar-refractivity contribution in [3.63, 3.8) is 0 Å². The molecular formula is C21H18I3N. The van der Waals surface area contributed by atoms with Crippen LogP contribution in [-0.4, -0.2) is 0 Å². The first-order valence-corrected chi connectivity index (χ1v) is 11.2. The van der Waals surface area contributed by atoms with Gasteiger partial charge in [-0.3, -0.25) is 0 Å². The lowest BCUT2D eigenvalue weighted by Gasteiger charge is -2.27. The minimum Gasteiger partial charge on any atom is -0.310 e. The third-order valence-electron chi connectivity index (χ3n) is 4.20. The van der Waals surface area contributed by atoms with Gasteiger partial charge in [-0.15, -0.1) is 0 Å². The van der Waals surface area contributed by atoms with Crippen LogP contribution in [0.1, 0.15) is 16.7 Å². The number of hydrogen-bond donors (Lipinski definition) is 0. The van der Waals surface area contributed by atoms with Gasteiger partial charge in [-0.1, -0.05) is 0 Å². The minimum absolute atomic E-state index is 1.19. The summed E-state index contributed by atoms with van der Waals surface area (Å²) >= 11 is 7.18. The lowest BCUT2D eigenvalue weighted by Crippen LogP contribution is -2.11. The van der Waals surface area contributed by atoms with E-state index in [4.69, 9.17) is 0 Å². The van der Waals surface area contributed by atoms with Crippen molar-refractivity contribution in [3.05, 3.63) is 82.0 Å². The Morgan fingerprint density at radius 3 is 1.04 bits per heavy atom. The van der Waals surface area contributed by atoms with Gasteiger partial charge in [0, 0.05) is 27.8 Å². The molecule has 0 atom stereocenters. The highest BCUT2D eigenvalue weighted by molar-refractivity contribution is 14.1. The van der Waals surface area contributed by atoms with Crippen molar-refractivity contribution >= 4 is 84.8 Å².